The van der Waals surface area contributed by atoms with E-state index in [9.17, 15) is 0 Å². The van der Waals surface area contributed by atoms with Crippen LogP contribution in [0.1, 0.15) is 57.7 Å². The average molecular weight is 315 g/mol. The molecular weight excluding hydrogens is 288 g/mol. The third-order valence-electron chi connectivity index (χ3n) is 4.76. The van der Waals surface area contributed by atoms with E-state index < -0.39 is 0 Å². The van der Waals surface area contributed by atoms with Gasteiger partial charge in [-0.3, -0.25) is 10.5 Å². The Kier molecular flexibility index (Phi) is 5.66. The number of ether oxygens (including phenoxy) is 1. The number of nitrogens with two attached hydrogens (primary N) is 1. The van der Waals surface area contributed by atoms with Crippen LogP contribution in [-0.4, -0.2) is 22.5 Å². The molecular formula is C15H27ClN4O. The molecule has 1 fully saturated rings. The van der Waals surface area contributed by atoms with Crippen molar-refractivity contribution in [2.24, 2.45) is 11.8 Å². The predicted octanol–water partition coefficient (Wildman–Crippen LogP) is 3.05. The Morgan fingerprint density at radius 1 is 1.57 bits per heavy atom. The number of aromatic nitrogens is 2. The monoisotopic (exact) mass is 314 g/mol. The highest BCUT2D eigenvalue weighted by Gasteiger charge is 2.44. The molecule has 1 unspecified atom stereocenters. The standard InChI is InChI=1S/C15H27ClN4O/c1-4-9-20-13(12(16)10-18-20)14(19-17)15(21-3)7-5-11(2)6-8-15/h10-11,14,19H,4-9,17H2,1-3H3. The van der Waals surface area contributed by atoms with Crippen molar-refractivity contribution in [2.45, 2.75) is 64.1 Å². The molecule has 1 saturated carbocycles. The number of nitrogens with one attached hydrogen (secondary N) is 1. The zero-order chi connectivity index (χ0) is 15.5. The number of nitrogens with zero attached hydrogens (tertiary/aromatic N) is 2. The number of aryl methyl sites for hydroxylation is 1. The van der Waals surface area contributed by atoms with Gasteiger partial charge in [-0.1, -0.05) is 25.4 Å². The Morgan fingerprint density at radius 3 is 2.76 bits per heavy atom. The first kappa shape index (κ1) is 16.7. The second kappa shape index (κ2) is 7.09. The smallest absolute Gasteiger partial charge is 0.0933 e. The van der Waals surface area contributed by atoms with Crippen molar-refractivity contribution in [3.05, 3.63) is 16.9 Å². The fourth-order valence-corrected chi connectivity index (χ4v) is 3.64. The van der Waals surface area contributed by atoms with E-state index in [0.717, 1.165) is 50.3 Å². The highest BCUT2D eigenvalue weighted by molar-refractivity contribution is 6.31. The van der Waals surface area contributed by atoms with Gasteiger partial charge >= 0.3 is 0 Å². The first-order valence-corrected chi connectivity index (χ1v) is 8.18. The van der Waals surface area contributed by atoms with Crippen molar-refractivity contribution in [1.82, 2.24) is 15.2 Å². The van der Waals surface area contributed by atoms with Crippen LogP contribution in [0.25, 0.3) is 0 Å². The molecule has 1 aromatic heterocycles. The molecule has 0 saturated heterocycles. The third-order valence-corrected chi connectivity index (χ3v) is 5.05. The molecule has 2 rings (SSSR count). The maximum Gasteiger partial charge on any atom is 0.0933 e. The van der Waals surface area contributed by atoms with Gasteiger partial charge in [0.15, 0.2) is 0 Å². The first-order valence-electron chi connectivity index (χ1n) is 7.80. The molecule has 3 N–H and O–H groups in total. The maximum atomic E-state index is 6.39. The molecule has 1 aliphatic rings. The molecule has 1 aromatic rings. The molecule has 0 aromatic carbocycles. The lowest BCUT2D eigenvalue weighted by molar-refractivity contribution is -0.0779. The Balaban J connectivity index is 2.35. The summed E-state index contributed by atoms with van der Waals surface area (Å²) in [6.07, 6.45) is 6.95. The van der Waals surface area contributed by atoms with Crippen LogP contribution in [0.5, 0.6) is 0 Å². The van der Waals surface area contributed by atoms with Gasteiger partial charge in [-0.15, -0.1) is 0 Å². The van der Waals surface area contributed by atoms with Crippen LogP contribution in [0, 0.1) is 5.92 Å². The summed E-state index contributed by atoms with van der Waals surface area (Å²) >= 11 is 6.39. The van der Waals surface area contributed by atoms with E-state index in [0.29, 0.717) is 5.02 Å². The van der Waals surface area contributed by atoms with Gasteiger partial charge in [0.2, 0.25) is 0 Å². The fraction of sp³-hybridized carbons (Fsp3) is 0.800. The van der Waals surface area contributed by atoms with E-state index in [4.69, 9.17) is 22.2 Å². The molecule has 21 heavy (non-hydrogen) atoms. The third kappa shape index (κ3) is 3.26. The van der Waals surface area contributed by atoms with Crippen molar-refractivity contribution in [3.8, 4) is 0 Å². The Hall–Kier alpha value is -0.620. The molecule has 0 aliphatic heterocycles. The van der Waals surface area contributed by atoms with Crippen molar-refractivity contribution in [2.75, 3.05) is 7.11 Å². The summed E-state index contributed by atoms with van der Waals surface area (Å²) in [5.41, 5.74) is 3.58. The van der Waals surface area contributed by atoms with Crippen molar-refractivity contribution in [1.29, 1.82) is 0 Å². The highest BCUT2D eigenvalue weighted by Crippen LogP contribution is 2.44. The zero-order valence-electron chi connectivity index (χ0n) is 13.2. The molecule has 0 bridgehead atoms. The lowest BCUT2D eigenvalue weighted by Crippen LogP contribution is -2.50. The summed E-state index contributed by atoms with van der Waals surface area (Å²) < 4.78 is 7.90. The number of hydrogen-bond acceptors (Lipinski definition) is 4. The summed E-state index contributed by atoms with van der Waals surface area (Å²) in [5, 5.41) is 5.04. The van der Waals surface area contributed by atoms with E-state index in [-0.39, 0.29) is 11.6 Å². The van der Waals surface area contributed by atoms with Gasteiger partial charge in [-0.2, -0.15) is 5.10 Å². The highest BCUT2D eigenvalue weighted by atomic mass is 35.5. The Morgan fingerprint density at radius 2 is 2.24 bits per heavy atom. The topological polar surface area (TPSA) is 65.1 Å². The molecule has 1 aliphatic carbocycles. The predicted molar refractivity (Wildman–Crippen MR) is 85.0 cm³/mol. The molecule has 6 heteroatoms. The average Bonchev–Trinajstić information content (AvgIpc) is 2.84. The van der Waals surface area contributed by atoms with E-state index in [1.165, 1.54) is 0 Å². The minimum Gasteiger partial charge on any atom is -0.376 e. The van der Waals surface area contributed by atoms with E-state index in [1.807, 2.05) is 4.68 Å². The molecule has 0 spiro atoms. The summed E-state index contributed by atoms with van der Waals surface area (Å²) in [6, 6.07) is -0.142. The Bertz CT molecular complexity index is 455. The van der Waals surface area contributed by atoms with Crippen molar-refractivity contribution >= 4 is 11.6 Å². The largest absolute Gasteiger partial charge is 0.376 e. The van der Waals surface area contributed by atoms with Crippen LogP contribution in [0.3, 0.4) is 0 Å². The minimum absolute atomic E-state index is 0.142. The van der Waals surface area contributed by atoms with Gasteiger partial charge < -0.3 is 4.74 Å². The van der Waals surface area contributed by atoms with E-state index in [1.54, 1.807) is 13.3 Å². The van der Waals surface area contributed by atoms with Crippen LogP contribution < -0.4 is 11.3 Å². The zero-order valence-corrected chi connectivity index (χ0v) is 14.0. The molecule has 0 amide bonds. The quantitative estimate of drug-likeness (QED) is 0.625. The summed E-state index contributed by atoms with van der Waals surface area (Å²) in [6.45, 7) is 5.24. The second-order valence-corrected chi connectivity index (χ2v) is 6.56. The van der Waals surface area contributed by atoms with Crippen LogP contribution in [-0.2, 0) is 11.3 Å². The fourth-order valence-electron chi connectivity index (χ4n) is 3.39. The molecule has 120 valence electrons. The van der Waals surface area contributed by atoms with Crippen LogP contribution >= 0.6 is 11.6 Å². The number of halogens is 1. The lowest BCUT2D eigenvalue weighted by atomic mass is 9.74. The Labute approximate surface area is 132 Å². The van der Waals surface area contributed by atoms with Gasteiger partial charge in [-0.25, -0.2) is 5.43 Å². The van der Waals surface area contributed by atoms with Crippen LogP contribution in [0.4, 0.5) is 0 Å². The maximum absolute atomic E-state index is 6.39. The second-order valence-electron chi connectivity index (χ2n) is 6.15. The van der Waals surface area contributed by atoms with Gasteiger partial charge in [-0.05, 0) is 38.0 Å². The van der Waals surface area contributed by atoms with Gasteiger partial charge in [0.25, 0.3) is 0 Å². The van der Waals surface area contributed by atoms with Crippen LogP contribution in [0.15, 0.2) is 6.20 Å². The van der Waals surface area contributed by atoms with E-state index >= 15 is 0 Å². The van der Waals surface area contributed by atoms with Crippen molar-refractivity contribution in [3.63, 3.8) is 0 Å². The number of hydrogen-bond donors (Lipinski definition) is 2. The summed E-state index contributed by atoms with van der Waals surface area (Å²) in [5.74, 6) is 6.63. The SMILES string of the molecule is CCCn1ncc(Cl)c1C(NN)C1(OC)CCC(C)CC1. The first-order chi connectivity index (χ1) is 10.1. The van der Waals surface area contributed by atoms with Gasteiger partial charge in [0.05, 0.1) is 28.6 Å². The molecule has 1 heterocycles. The molecule has 5 nitrogen and oxygen atoms in total. The summed E-state index contributed by atoms with van der Waals surface area (Å²) in [7, 11) is 1.77. The van der Waals surface area contributed by atoms with Gasteiger partial charge in [0, 0.05) is 13.7 Å². The van der Waals surface area contributed by atoms with E-state index in [2.05, 4.69) is 24.4 Å². The normalized spacial score (nSPS) is 27.8. The van der Waals surface area contributed by atoms with Gasteiger partial charge in [0.1, 0.15) is 0 Å². The molecule has 0 radical (unpaired) electrons. The number of rotatable bonds is 6. The van der Waals surface area contributed by atoms with Crippen molar-refractivity contribution < 1.29 is 4.74 Å². The molecule has 1 atom stereocenters. The number of hydrazine groups is 1. The minimum atomic E-state index is -0.309. The lowest BCUT2D eigenvalue weighted by Gasteiger charge is -2.43. The summed E-state index contributed by atoms with van der Waals surface area (Å²) in [4.78, 5) is 0. The number of methoxy groups -OCH3 is 1. The van der Waals surface area contributed by atoms with Crippen LogP contribution in [0.2, 0.25) is 5.02 Å².